The van der Waals surface area contributed by atoms with E-state index in [9.17, 15) is 18.6 Å². The number of aromatic hydroxyl groups is 2. The fourth-order valence-corrected chi connectivity index (χ4v) is 4.75. The number of phenols is 2. The van der Waals surface area contributed by atoms with Crippen molar-refractivity contribution in [2.45, 2.75) is 103 Å². The molecule has 4 nitrogen and oxygen atoms in total. The summed E-state index contributed by atoms with van der Waals surface area (Å²) in [6, 6.07) is 1.54. The van der Waals surface area contributed by atoms with Crippen LogP contribution in [0.25, 0.3) is 0 Å². The maximum absolute atomic E-state index is 13.3. The molecule has 0 unspecified atom stereocenters. The van der Waals surface area contributed by atoms with Gasteiger partial charge in [-0.25, -0.2) is 8.42 Å². The molecule has 0 saturated heterocycles. The van der Waals surface area contributed by atoms with Gasteiger partial charge >= 0.3 is 0 Å². The molecular weight excluding hydrogens is 396 g/mol. The minimum Gasteiger partial charge on any atom is -0.508 e. The number of hydrogen-bond acceptors (Lipinski definition) is 4. The first-order valence-corrected chi connectivity index (χ1v) is 12.4. The summed E-state index contributed by atoms with van der Waals surface area (Å²) in [7, 11) is -3.77. The molecule has 1 aromatic rings. The van der Waals surface area contributed by atoms with Gasteiger partial charge in [0.1, 0.15) is 16.4 Å². The molecule has 0 fully saturated rings. The molecule has 2 N–H and O–H groups in total. The topological polar surface area (TPSA) is 74.6 Å². The van der Waals surface area contributed by atoms with E-state index in [0.29, 0.717) is 18.4 Å². The fourth-order valence-electron chi connectivity index (χ4n) is 3.25. The Hall–Kier alpha value is -1.75. The van der Waals surface area contributed by atoms with Crippen molar-refractivity contribution in [2.24, 2.45) is 0 Å². The lowest BCUT2D eigenvalue weighted by molar-refractivity contribution is 0.426. The van der Waals surface area contributed by atoms with Crippen molar-refractivity contribution in [3.05, 3.63) is 40.5 Å². The van der Waals surface area contributed by atoms with Crippen molar-refractivity contribution in [1.82, 2.24) is 0 Å². The Balaban J connectivity index is 3.39. The second kappa shape index (κ2) is 11.0. The number of rotatable bonds is 10. The first-order chi connectivity index (χ1) is 13.8. The first kappa shape index (κ1) is 26.3. The van der Waals surface area contributed by atoms with Crippen molar-refractivity contribution in [2.75, 3.05) is 0 Å². The van der Waals surface area contributed by atoms with Crippen LogP contribution >= 0.6 is 0 Å². The molecule has 0 saturated carbocycles. The number of sulfone groups is 1. The number of benzene rings is 1. The van der Waals surface area contributed by atoms with Crippen LogP contribution in [0.3, 0.4) is 0 Å². The molecule has 0 aromatic heterocycles. The molecule has 1 rings (SSSR count). The van der Waals surface area contributed by atoms with E-state index in [4.69, 9.17) is 0 Å². The van der Waals surface area contributed by atoms with E-state index >= 15 is 0 Å². The molecule has 0 spiro atoms. The molecule has 5 heteroatoms. The van der Waals surface area contributed by atoms with Gasteiger partial charge in [0.25, 0.3) is 0 Å². The molecule has 0 aliphatic heterocycles. The summed E-state index contributed by atoms with van der Waals surface area (Å²) in [5, 5.41) is 21.6. The second-order valence-corrected chi connectivity index (χ2v) is 12.0. The van der Waals surface area contributed by atoms with Gasteiger partial charge in [-0.2, -0.15) is 0 Å². The minimum atomic E-state index is -3.77. The van der Waals surface area contributed by atoms with Crippen molar-refractivity contribution in [1.29, 1.82) is 0 Å². The highest BCUT2D eigenvalue weighted by molar-refractivity contribution is 7.93. The number of allylic oxidation sites excluding steroid dienone is 4. The van der Waals surface area contributed by atoms with Gasteiger partial charge in [0.2, 0.25) is 0 Å². The van der Waals surface area contributed by atoms with Crippen LogP contribution in [-0.4, -0.2) is 23.4 Å². The van der Waals surface area contributed by atoms with E-state index in [-0.39, 0.29) is 22.0 Å². The number of unbranched alkanes of at least 4 members (excludes halogenated alkanes) is 2. The van der Waals surface area contributed by atoms with E-state index < -0.39 is 14.6 Å². The van der Waals surface area contributed by atoms with E-state index in [1.54, 1.807) is 20.8 Å². The third-order valence-electron chi connectivity index (χ3n) is 5.28. The van der Waals surface area contributed by atoms with Gasteiger partial charge in [-0.3, -0.25) is 0 Å². The average molecular weight is 437 g/mol. The van der Waals surface area contributed by atoms with Crippen molar-refractivity contribution in [3.8, 4) is 11.5 Å². The monoisotopic (exact) mass is 436 g/mol. The molecule has 0 amide bonds. The Morgan fingerprint density at radius 1 is 1.07 bits per heavy atom. The quantitative estimate of drug-likeness (QED) is 0.318. The summed E-state index contributed by atoms with van der Waals surface area (Å²) in [5.74, 6) is -0.343. The summed E-state index contributed by atoms with van der Waals surface area (Å²) < 4.78 is 25.5. The van der Waals surface area contributed by atoms with Crippen molar-refractivity contribution in [3.63, 3.8) is 0 Å². The summed E-state index contributed by atoms with van der Waals surface area (Å²) in [6.45, 7) is 13.1. The predicted octanol–water partition coefficient (Wildman–Crippen LogP) is 6.64. The average Bonchev–Trinajstić information content (AvgIpc) is 2.60. The second-order valence-electron chi connectivity index (χ2n) is 9.36. The molecule has 170 valence electrons. The van der Waals surface area contributed by atoms with Crippen LogP contribution in [0.5, 0.6) is 11.5 Å². The number of phenolic OH excluding ortho intramolecular Hbond substituents is 2. The van der Waals surface area contributed by atoms with Crippen LogP contribution < -0.4 is 0 Å². The van der Waals surface area contributed by atoms with Gasteiger partial charge < -0.3 is 10.2 Å². The highest BCUT2D eigenvalue weighted by atomic mass is 32.2. The zero-order valence-electron chi connectivity index (χ0n) is 19.8. The lowest BCUT2D eigenvalue weighted by Gasteiger charge is -2.24. The van der Waals surface area contributed by atoms with Gasteiger partial charge in [-0.1, -0.05) is 43.1 Å². The maximum atomic E-state index is 13.3. The smallest absolute Gasteiger partial charge is 0.187 e. The van der Waals surface area contributed by atoms with E-state index in [1.165, 1.54) is 11.6 Å². The van der Waals surface area contributed by atoms with Crippen LogP contribution in [-0.2, 0) is 22.7 Å². The lowest BCUT2D eigenvalue weighted by Crippen LogP contribution is -2.29. The molecule has 30 heavy (non-hydrogen) atoms. The highest BCUT2D eigenvalue weighted by Crippen LogP contribution is 2.41. The van der Waals surface area contributed by atoms with Gasteiger partial charge in [-0.15, -0.1) is 0 Å². The third-order valence-corrected chi connectivity index (χ3v) is 7.89. The summed E-state index contributed by atoms with van der Waals surface area (Å²) in [6.07, 6.45) is 9.53. The SMILES string of the molecule is CCCCCc1cc(O)c(C/C=C(\C)CCC=C(C)C)c(O)c1S(=O)(=O)C(C)(C)C. The van der Waals surface area contributed by atoms with Gasteiger partial charge in [0, 0.05) is 5.56 Å². The summed E-state index contributed by atoms with van der Waals surface area (Å²) in [4.78, 5) is -0.0190. The zero-order valence-corrected chi connectivity index (χ0v) is 20.6. The molecular formula is C25H40O4S. The lowest BCUT2D eigenvalue weighted by atomic mass is 10.00. The molecule has 0 aliphatic rings. The van der Waals surface area contributed by atoms with E-state index in [2.05, 4.69) is 26.8 Å². The molecule has 0 heterocycles. The Kier molecular flexibility index (Phi) is 9.67. The third kappa shape index (κ3) is 6.90. The summed E-state index contributed by atoms with van der Waals surface area (Å²) >= 11 is 0. The largest absolute Gasteiger partial charge is 0.508 e. The molecule has 0 aliphatic carbocycles. The zero-order chi connectivity index (χ0) is 23.1. The van der Waals surface area contributed by atoms with Crippen LogP contribution in [0.1, 0.15) is 91.7 Å². The van der Waals surface area contributed by atoms with Gasteiger partial charge in [0.15, 0.2) is 9.84 Å². The van der Waals surface area contributed by atoms with Crippen LogP contribution in [0.2, 0.25) is 0 Å². The van der Waals surface area contributed by atoms with Crippen molar-refractivity contribution < 1.29 is 18.6 Å². The minimum absolute atomic E-state index is 0.0190. The maximum Gasteiger partial charge on any atom is 0.187 e. The predicted molar refractivity (Wildman–Crippen MR) is 126 cm³/mol. The van der Waals surface area contributed by atoms with E-state index in [0.717, 1.165) is 37.7 Å². The Morgan fingerprint density at radius 3 is 2.23 bits per heavy atom. The first-order valence-electron chi connectivity index (χ1n) is 10.9. The molecule has 0 bridgehead atoms. The van der Waals surface area contributed by atoms with Crippen LogP contribution in [0.4, 0.5) is 0 Å². The fraction of sp³-hybridized carbons (Fsp3) is 0.600. The Bertz CT molecular complexity index is 881. The Labute approximate surface area is 183 Å². The summed E-state index contributed by atoms with van der Waals surface area (Å²) in [5.41, 5.74) is 3.19. The van der Waals surface area contributed by atoms with Crippen LogP contribution in [0.15, 0.2) is 34.3 Å². The molecule has 1 aromatic carbocycles. The standard InChI is InChI=1S/C25H40O4S/c1-8-9-10-14-20-17-22(26)21(16-15-19(4)13-11-12-18(2)3)23(27)24(20)30(28,29)25(5,6)7/h12,15,17,26-27H,8-11,13-14,16H2,1-7H3/b19-15+. The number of hydrogen-bond donors (Lipinski definition) is 2. The van der Waals surface area contributed by atoms with Crippen molar-refractivity contribution >= 4 is 9.84 Å². The highest BCUT2D eigenvalue weighted by Gasteiger charge is 2.36. The van der Waals surface area contributed by atoms with Gasteiger partial charge in [0.05, 0.1) is 4.75 Å². The van der Waals surface area contributed by atoms with Gasteiger partial charge in [-0.05, 0) is 85.3 Å². The number of aryl methyl sites for hydroxylation is 1. The molecule has 0 atom stereocenters. The van der Waals surface area contributed by atoms with E-state index in [1.807, 2.05) is 13.0 Å². The van der Waals surface area contributed by atoms with Crippen LogP contribution in [0, 0.1) is 0 Å². The Morgan fingerprint density at radius 2 is 1.70 bits per heavy atom. The normalized spacial score (nSPS) is 12.8. The molecule has 0 radical (unpaired) electrons.